The first kappa shape index (κ1) is 15.5. The second-order valence-electron chi connectivity index (χ2n) is 7.07. The molecule has 0 bridgehead atoms. The van der Waals surface area contributed by atoms with Crippen molar-refractivity contribution >= 4 is 0 Å². The summed E-state index contributed by atoms with van der Waals surface area (Å²) >= 11 is 0. The van der Waals surface area contributed by atoms with Gasteiger partial charge in [0, 0.05) is 13.1 Å². The zero-order valence-electron chi connectivity index (χ0n) is 13.4. The summed E-state index contributed by atoms with van der Waals surface area (Å²) in [4.78, 5) is 2.46. The van der Waals surface area contributed by atoms with Crippen molar-refractivity contribution in [1.82, 2.24) is 4.90 Å². The lowest BCUT2D eigenvalue weighted by molar-refractivity contribution is 0.0981. The lowest BCUT2D eigenvalue weighted by atomic mass is 9.70. The molecule has 112 valence electrons. The summed E-state index contributed by atoms with van der Waals surface area (Å²) in [5.41, 5.74) is 9.23. The predicted molar refractivity (Wildman–Crippen MR) is 86.6 cm³/mol. The van der Waals surface area contributed by atoms with Gasteiger partial charge in [0.15, 0.2) is 0 Å². The molecule has 1 aliphatic rings. The summed E-state index contributed by atoms with van der Waals surface area (Å²) in [7, 11) is 2.24. The molecule has 0 radical (unpaired) electrons. The van der Waals surface area contributed by atoms with E-state index in [1.54, 1.807) is 0 Å². The van der Waals surface area contributed by atoms with Gasteiger partial charge in [-0.2, -0.15) is 0 Å². The molecule has 1 saturated carbocycles. The molecule has 0 amide bonds. The van der Waals surface area contributed by atoms with Crippen molar-refractivity contribution in [3.05, 3.63) is 35.4 Å². The third-order valence-electron chi connectivity index (χ3n) is 4.76. The van der Waals surface area contributed by atoms with Crippen LogP contribution in [0.15, 0.2) is 24.3 Å². The highest BCUT2D eigenvalue weighted by Gasteiger charge is 2.34. The summed E-state index contributed by atoms with van der Waals surface area (Å²) in [6, 6.07) is 8.82. The molecule has 0 spiro atoms. The molecule has 0 saturated heterocycles. The van der Waals surface area contributed by atoms with Gasteiger partial charge < -0.3 is 10.6 Å². The maximum Gasteiger partial charge on any atom is 0.0231 e. The first-order valence-electron chi connectivity index (χ1n) is 7.97. The standard InChI is InChI=1S/C18H30N2/c1-15-6-4-8-17(10-15)12-20(3)14-18(13-19)9-5-7-16(2)11-18/h4,6,8,10,16H,5,7,9,11-14,19H2,1-3H3. The fourth-order valence-electron chi connectivity index (χ4n) is 3.91. The van der Waals surface area contributed by atoms with Crippen LogP contribution in [0.1, 0.15) is 43.7 Å². The van der Waals surface area contributed by atoms with Crippen molar-refractivity contribution in [2.45, 2.75) is 46.1 Å². The maximum absolute atomic E-state index is 6.14. The van der Waals surface area contributed by atoms with E-state index < -0.39 is 0 Å². The van der Waals surface area contributed by atoms with Crippen LogP contribution in [0, 0.1) is 18.3 Å². The maximum atomic E-state index is 6.14. The molecule has 0 aromatic heterocycles. The smallest absolute Gasteiger partial charge is 0.0231 e. The summed E-state index contributed by atoms with van der Waals surface area (Å²) < 4.78 is 0. The molecule has 2 heteroatoms. The van der Waals surface area contributed by atoms with Gasteiger partial charge in [0.05, 0.1) is 0 Å². The molecule has 2 unspecified atom stereocenters. The molecule has 0 heterocycles. The highest BCUT2D eigenvalue weighted by atomic mass is 15.1. The summed E-state index contributed by atoms with van der Waals surface area (Å²) in [6.07, 6.45) is 5.31. The van der Waals surface area contributed by atoms with E-state index in [0.29, 0.717) is 5.41 Å². The minimum atomic E-state index is 0.343. The second kappa shape index (κ2) is 6.73. The first-order valence-corrected chi connectivity index (χ1v) is 7.97. The SMILES string of the molecule is Cc1cccc(CN(C)CC2(CN)CCCC(C)C2)c1. The van der Waals surface area contributed by atoms with E-state index in [0.717, 1.165) is 25.6 Å². The van der Waals surface area contributed by atoms with Crippen molar-refractivity contribution in [2.24, 2.45) is 17.1 Å². The van der Waals surface area contributed by atoms with Gasteiger partial charge in [0.1, 0.15) is 0 Å². The van der Waals surface area contributed by atoms with E-state index in [9.17, 15) is 0 Å². The number of rotatable bonds is 5. The van der Waals surface area contributed by atoms with Gasteiger partial charge in [-0.15, -0.1) is 0 Å². The highest BCUT2D eigenvalue weighted by Crippen LogP contribution is 2.39. The summed E-state index contributed by atoms with van der Waals surface area (Å²) in [5, 5.41) is 0. The van der Waals surface area contributed by atoms with Gasteiger partial charge in [0.2, 0.25) is 0 Å². The molecule has 1 fully saturated rings. The zero-order chi connectivity index (χ0) is 14.6. The van der Waals surface area contributed by atoms with E-state index in [2.05, 4.69) is 50.1 Å². The van der Waals surface area contributed by atoms with Crippen LogP contribution in [0.2, 0.25) is 0 Å². The molecule has 1 aromatic rings. The van der Waals surface area contributed by atoms with Crippen LogP contribution >= 0.6 is 0 Å². The topological polar surface area (TPSA) is 29.3 Å². The zero-order valence-corrected chi connectivity index (χ0v) is 13.4. The van der Waals surface area contributed by atoms with Crippen LogP contribution in [0.3, 0.4) is 0 Å². The predicted octanol–water partition coefficient (Wildman–Crippen LogP) is 3.58. The molecule has 2 rings (SSSR count). The largest absolute Gasteiger partial charge is 0.330 e. The van der Waals surface area contributed by atoms with Crippen LogP contribution in [-0.2, 0) is 6.54 Å². The van der Waals surface area contributed by atoms with Crippen LogP contribution in [0.4, 0.5) is 0 Å². The van der Waals surface area contributed by atoms with Crippen molar-refractivity contribution < 1.29 is 0 Å². The van der Waals surface area contributed by atoms with Crippen molar-refractivity contribution in [3.8, 4) is 0 Å². The van der Waals surface area contributed by atoms with E-state index in [1.807, 2.05) is 0 Å². The fourth-order valence-corrected chi connectivity index (χ4v) is 3.91. The number of hydrogen-bond acceptors (Lipinski definition) is 2. The Balaban J connectivity index is 1.97. The Morgan fingerprint density at radius 3 is 2.85 bits per heavy atom. The van der Waals surface area contributed by atoms with Crippen molar-refractivity contribution in [2.75, 3.05) is 20.1 Å². The summed E-state index contributed by atoms with van der Waals surface area (Å²) in [6.45, 7) is 7.52. The quantitative estimate of drug-likeness (QED) is 0.889. The van der Waals surface area contributed by atoms with Crippen LogP contribution < -0.4 is 5.73 Å². The summed E-state index contributed by atoms with van der Waals surface area (Å²) in [5.74, 6) is 0.833. The van der Waals surface area contributed by atoms with E-state index in [-0.39, 0.29) is 0 Å². The highest BCUT2D eigenvalue weighted by molar-refractivity contribution is 5.22. The third kappa shape index (κ3) is 4.07. The number of nitrogens with two attached hydrogens (primary N) is 1. The van der Waals surface area contributed by atoms with Gasteiger partial charge in [-0.05, 0) is 50.3 Å². The number of aryl methyl sites for hydroxylation is 1. The van der Waals surface area contributed by atoms with Crippen molar-refractivity contribution in [3.63, 3.8) is 0 Å². The van der Waals surface area contributed by atoms with Gasteiger partial charge in [-0.3, -0.25) is 0 Å². The Kier molecular flexibility index (Phi) is 5.22. The lowest BCUT2D eigenvalue weighted by Crippen LogP contribution is -2.44. The molecule has 2 atom stereocenters. The van der Waals surface area contributed by atoms with Gasteiger partial charge in [-0.1, -0.05) is 49.6 Å². The monoisotopic (exact) mass is 274 g/mol. The third-order valence-corrected chi connectivity index (χ3v) is 4.76. The van der Waals surface area contributed by atoms with Gasteiger partial charge in [-0.25, -0.2) is 0 Å². The van der Waals surface area contributed by atoms with E-state index in [4.69, 9.17) is 5.73 Å². The first-order chi connectivity index (χ1) is 9.53. The Hall–Kier alpha value is -0.860. The second-order valence-corrected chi connectivity index (χ2v) is 7.07. The molecule has 20 heavy (non-hydrogen) atoms. The molecular weight excluding hydrogens is 244 g/mol. The van der Waals surface area contributed by atoms with Crippen molar-refractivity contribution in [1.29, 1.82) is 0 Å². The molecule has 2 nitrogen and oxygen atoms in total. The number of benzene rings is 1. The fraction of sp³-hybridized carbons (Fsp3) is 0.667. The molecule has 2 N–H and O–H groups in total. The Morgan fingerprint density at radius 2 is 2.20 bits per heavy atom. The Bertz CT molecular complexity index is 429. The average molecular weight is 274 g/mol. The van der Waals surface area contributed by atoms with Crippen LogP contribution in [0.5, 0.6) is 0 Å². The van der Waals surface area contributed by atoms with Gasteiger partial charge >= 0.3 is 0 Å². The van der Waals surface area contributed by atoms with Gasteiger partial charge in [0.25, 0.3) is 0 Å². The Morgan fingerprint density at radius 1 is 1.40 bits per heavy atom. The number of hydrogen-bond donors (Lipinski definition) is 1. The minimum Gasteiger partial charge on any atom is -0.330 e. The molecule has 1 aliphatic carbocycles. The lowest BCUT2D eigenvalue weighted by Gasteiger charge is -2.42. The normalized spacial score (nSPS) is 26.9. The Labute approximate surface area is 124 Å². The average Bonchev–Trinajstić information content (AvgIpc) is 2.38. The molecule has 1 aromatic carbocycles. The van der Waals surface area contributed by atoms with Crippen LogP contribution in [0.25, 0.3) is 0 Å². The molecule has 0 aliphatic heterocycles. The van der Waals surface area contributed by atoms with E-state index in [1.165, 1.54) is 36.8 Å². The number of nitrogens with zero attached hydrogens (tertiary/aromatic N) is 1. The van der Waals surface area contributed by atoms with Crippen LogP contribution in [-0.4, -0.2) is 25.0 Å². The minimum absolute atomic E-state index is 0.343. The van der Waals surface area contributed by atoms with E-state index >= 15 is 0 Å². The molecular formula is C18H30N2.